The van der Waals surface area contributed by atoms with Crippen molar-refractivity contribution in [2.45, 2.75) is 259 Å². The van der Waals surface area contributed by atoms with E-state index in [0.29, 0.717) is 36.8 Å². The largest absolute Gasteiger partial charge is 0.386 e. The Morgan fingerprint density at radius 2 is 0.443 bits per heavy atom. The van der Waals surface area contributed by atoms with E-state index in [4.69, 9.17) is 0 Å². The number of hydrogen-bond acceptors (Lipinski definition) is 12. The smallest absolute Gasteiger partial charge is 0.247 e. The molecule has 12 nitrogen and oxygen atoms in total. The zero-order valence-corrected chi connectivity index (χ0v) is 44.1. The van der Waals surface area contributed by atoms with Crippen LogP contribution in [0.5, 0.6) is 0 Å². The Hall–Kier alpha value is -4.74. The van der Waals surface area contributed by atoms with E-state index in [1.54, 1.807) is 60.7 Å². The van der Waals surface area contributed by atoms with Crippen LogP contribution >= 0.6 is 0 Å². The van der Waals surface area contributed by atoms with Crippen molar-refractivity contribution in [2.24, 2.45) is 0 Å². The van der Waals surface area contributed by atoms with Gasteiger partial charge in [0.15, 0.2) is 0 Å². The molecule has 0 fully saturated rings. The van der Waals surface area contributed by atoms with Crippen molar-refractivity contribution in [3.63, 3.8) is 0 Å². The van der Waals surface area contributed by atoms with E-state index in [1.165, 1.54) is 128 Å². The van der Waals surface area contributed by atoms with Gasteiger partial charge in [0, 0.05) is 0 Å². The van der Waals surface area contributed by atoms with E-state index >= 15 is 0 Å². The Labute approximate surface area is 423 Å². The molecule has 0 aromatic heterocycles. The Bertz CT molecular complexity index is 1430. The Morgan fingerprint density at radius 1 is 0.257 bits per heavy atom. The van der Waals surface area contributed by atoms with Crippen LogP contribution in [0.1, 0.15) is 280 Å². The number of carbonyl (C=O) groups excluding carboxylic acids is 6. The molecular formula is C58H94O12. The van der Waals surface area contributed by atoms with Gasteiger partial charge in [-0.25, -0.2) is 58.1 Å². The van der Waals surface area contributed by atoms with Crippen molar-refractivity contribution in [3.8, 4) is 0 Å². The molecule has 70 heavy (non-hydrogen) atoms. The lowest BCUT2D eigenvalue weighted by Crippen LogP contribution is -2.11. The maximum atomic E-state index is 11.6. The standard InChI is InChI=1S/C24H46O4.C20H38O4.C14H10O4/c1-3-5-7-9-11-13-15-17-19-21-23(25)27-28-24(26)22-20-18-16-14-12-10-8-6-4-2;1-3-5-7-9-11-13-15-17-19(21)23-24-20(22)18-16-14-12-10-8-6-4-2;15-13(11-7-3-1-4-8-11)17-18-14(16)12-9-5-2-6-10-12/h3-22H2,1-2H3;3-18H2,1-2H3;1-10H. The number of carbonyl (C=O) groups is 6. The molecule has 2 aromatic carbocycles. The summed E-state index contributed by atoms with van der Waals surface area (Å²) in [6.45, 7) is 8.86. The third-order valence-corrected chi connectivity index (χ3v) is 11.6. The van der Waals surface area contributed by atoms with Crippen LogP contribution in [0.2, 0.25) is 0 Å². The van der Waals surface area contributed by atoms with Crippen molar-refractivity contribution >= 4 is 35.8 Å². The minimum atomic E-state index is -0.708. The zero-order valence-electron chi connectivity index (χ0n) is 44.1. The van der Waals surface area contributed by atoms with Gasteiger partial charge in [-0.15, -0.1) is 0 Å². The zero-order chi connectivity index (χ0) is 51.4. The second kappa shape index (κ2) is 50.6. The van der Waals surface area contributed by atoms with Crippen LogP contribution in [-0.2, 0) is 48.5 Å². The summed E-state index contributed by atoms with van der Waals surface area (Å²) in [4.78, 5) is 96.3. The first-order valence-corrected chi connectivity index (χ1v) is 27.5. The molecule has 12 heteroatoms. The Morgan fingerprint density at radius 3 is 0.643 bits per heavy atom. The fourth-order valence-electron chi connectivity index (χ4n) is 7.29. The van der Waals surface area contributed by atoms with Gasteiger partial charge in [-0.2, -0.15) is 0 Å². The summed E-state index contributed by atoms with van der Waals surface area (Å²) in [6, 6.07) is 16.6. The quantitative estimate of drug-likeness (QED) is 0.0357. The van der Waals surface area contributed by atoms with Gasteiger partial charge in [0.1, 0.15) is 0 Å². The number of benzene rings is 2. The van der Waals surface area contributed by atoms with Crippen molar-refractivity contribution < 1.29 is 58.1 Å². The lowest BCUT2D eigenvalue weighted by Gasteiger charge is -2.04. The van der Waals surface area contributed by atoms with Crippen molar-refractivity contribution in [3.05, 3.63) is 71.8 Å². The molecule has 0 aliphatic heterocycles. The van der Waals surface area contributed by atoms with Gasteiger partial charge in [-0.3, -0.25) is 0 Å². The highest BCUT2D eigenvalue weighted by Crippen LogP contribution is 2.14. The van der Waals surface area contributed by atoms with Gasteiger partial charge in [-0.1, -0.05) is 244 Å². The van der Waals surface area contributed by atoms with Gasteiger partial charge in [0.2, 0.25) is 0 Å². The van der Waals surface area contributed by atoms with E-state index in [2.05, 4.69) is 57.0 Å². The van der Waals surface area contributed by atoms with Gasteiger partial charge >= 0.3 is 35.8 Å². The Kier molecular flexibility index (Phi) is 47.2. The molecule has 0 heterocycles. The van der Waals surface area contributed by atoms with E-state index in [9.17, 15) is 28.8 Å². The summed E-state index contributed by atoms with van der Waals surface area (Å²) in [5, 5.41) is 0. The summed E-state index contributed by atoms with van der Waals surface area (Å²) < 4.78 is 0. The van der Waals surface area contributed by atoms with Crippen LogP contribution in [0, 0.1) is 0 Å². The first-order valence-electron chi connectivity index (χ1n) is 27.5. The molecule has 0 aliphatic carbocycles. The summed E-state index contributed by atoms with van der Waals surface area (Å²) in [5.41, 5.74) is 0.636. The normalized spacial score (nSPS) is 10.4. The van der Waals surface area contributed by atoms with Crippen LogP contribution in [0.4, 0.5) is 0 Å². The lowest BCUT2D eigenvalue weighted by atomic mass is 10.1. The molecule has 0 N–H and O–H groups in total. The molecule has 0 aliphatic rings. The summed E-state index contributed by atoms with van der Waals surface area (Å²) >= 11 is 0. The molecule has 2 rings (SSSR count). The van der Waals surface area contributed by atoms with Crippen molar-refractivity contribution in [2.75, 3.05) is 0 Å². The van der Waals surface area contributed by atoms with Gasteiger partial charge in [0.05, 0.1) is 36.8 Å². The topological polar surface area (TPSA) is 158 Å². The maximum Gasteiger partial charge on any atom is 0.386 e. The second-order valence-corrected chi connectivity index (χ2v) is 18.2. The van der Waals surface area contributed by atoms with Crippen LogP contribution in [0.3, 0.4) is 0 Å². The van der Waals surface area contributed by atoms with Gasteiger partial charge in [0.25, 0.3) is 0 Å². The molecule has 398 valence electrons. The summed E-state index contributed by atoms with van der Waals surface area (Å²) in [6.07, 6.45) is 39.1. The molecule has 0 spiro atoms. The van der Waals surface area contributed by atoms with Crippen LogP contribution in [0.15, 0.2) is 60.7 Å². The molecule has 0 saturated heterocycles. The van der Waals surface area contributed by atoms with Crippen LogP contribution in [-0.4, -0.2) is 35.8 Å². The summed E-state index contributed by atoms with van der Waals surface area (Å²) in [5.74, 6) is -3.14. The van der Waals surface area contributed by atoms with E-state index in [1.807, 2.05) is 0 Å². The summed E-state index contributed by atoms with van der Waals surface area (Å²) in [7, 11) is 0. The fraction of sp³-hybridized carbons (Fsp3) is 0.690. The van der Waals surface area contributed by atoms with Crippen LogP contribution in [0.25, 0.3) is 0 Å². The average Bonchev–Trinajstić information content (AvgIpc) is 3.38. The van der Waals surface area contributed by atoms with E-state index < -0.39 is 35.8 Å². The minimum Gasteiger partial charge on any atom is -0.247 e. The predicted octanol–water partition coefficient (Wildman–Crippen LogP) is 16.7. The monoisotopic (exact) mass is 983 g/mol. The van der Waals surface area contributed by atoms with Gasteiger partial charge in [-0.05, 0) is 49.9 Å². The van der Waals surface area contributed by atoms with Crippen LogP contribution < -0.4 is 0 Å². The molecule has 0 bridgehead atoms. The molecule has 0 atom stereocenters. The first kappa shape index (κ1) is 65.3. The number of hydrogen-bond donors (Lipinski definition) is 0. The van der Waals surface area contributed by atoms with E-state index in [-0.39, 0.29) is 0 Å². The minimum absolute atomic E-state index is 0.318. The molecule has 2 aromatic rings. The number of rotatable bonds is 38. The highest BCUT2D eigenvalue weighted by molar-refractivity contribution is 5.92. The third kappa shape index (κ3) is 44.5. The third-order valence-electron chi connectivity index (χ3n) is 11.6. The molecule has 0 amide bonds. The molecular weight excluding hydrogens is 889 g/mol. The SMILES string of the molecule is CCCCCCCCCC(=O)OOC(=O)CCCCCCCCC.CCCCCCCCCCCC(=O)OOC(=O)CCCCCCCCCCC.O=C(OOC(=O)c1ccccc1)c1ccccc1. The molecule has 0 radical (unpaired) electrons. The fourth-order valence-corrected chi connectivity index (χ4v) is 7.29. The highest BCUT2D eigenvalue weighted by Gasteiger charge is 2.14. The van der Waals surface area contributed by atoms with Gasteiger partial charge < -0.3 is 0 Å². The Balaban J connectivity index is 0.00000104. The second-order valence-electron chi connectivity index (χ2n) is 18.2. The van der Waals surface area contributed by atoms with Crippen molar-refractivity contribution in [1.29, 1.82) is 0 Å². The van der Waals surface area contributed by atoms with E-state index in [0.717, 1.165) is 77.0 Å². The first-order chi connectivity index (χ1) is 34.2. The number of unbranched alkanes of at least 4 members (excludes halogenated alkanes) is 28. The van der Waals surface area contributed by atoms with Crippen molar-refractivity contribution in [1.82, 2.24) is 0 Å². The predicted molar refractivity (Wildman–Crippen MR) is 277 cm³/mol. The maximum absolute atomic E-state index is 11.6. The molecule has 0 unspecified atom stereocenters. The average molecular weight is 983 g/mol. The lowest BCUT2D eigenvalue weighted by molar-refractivity contribution is -0.259. The molecule has 0 saturated carbocycles. The highest BCUT2D eigenvalue weighted by atomic mass is 17.2.